The Morgan fingerprint density at radius 3 is 2.33 bits per heavy atom. The maximum Gasteiger partial charge on any atom is 0.573 e. The second kappa shape index (κ2) is 5.46. The van der Waals surface area contributed by atoms with Crippen molar-refractivity contribution in [1.29, 1.82) is 0 Å². The second-order valence-corrected chi connectivity index (χ2v) is 6.97. The quantitative estimate of drug-likeness (QED) is 0.771. The maximum atomic E-state index is 12.3. The number of ether oxygens (including phenoxy) is 2. The molecule has 2 saturated heterocycles. The molecule has 0 saturated carbocycles. The van der Waals surface area contributed by atoms with Crippen LogP contribution >= 0.6 is 0 Å². The van der Waals surface area contributed by atoms with Crippen molar-refractivity contribution in [3.8, 4) is 5.75 Å². The van der Waals surface area contributed by atoms with E-state index in [4.69, 9.17) is 4.74 Å². The minimum atomic E-state index is -4.71. The van der Waals surface area contributed by atoms with Crippen LogP contribution in [0.15, 0.2) is 24.3 Å². The van der Waals surface area contributed by atoms with Crippen molar-refractivity contribution in [1.82, 2.24) is 4.90 Å². The topological polar surface area (TPSA) is 41.8 Å². The smallest absolute Gasteiger partial charge is 0.444 e. The number of hydrogen-bond donors (Lipinski definition) is 0. The highest BCUT2D eigenvalue weighted by molar-refractivity contribution is 5.71. The zero-order chi connectivity index (χ0) is 17.7. The van der Waals surface area contributed by atoms with E-state index in [1.807, 2.05) is 4.90 Å². The van der Waals surface area contributed by atoms with Gasteiger partial charge < -0.3 is 19.3 Å². The Bertz CT molecular complexity index is 630. The summed E-state index contributed by atoms with van der Waals surface area (Å²) in [5.41, 5.74) is 0.114. The monoisotopic (exact) mass is 344 g/mol. The number of piperazine rings is 1. The van der Waals surface area contributed by atoms with E-state index in [0.29, 0.717) is 18.8 Å². The zero-order valence-electron chi connectivity index (χ0n) is 13.6. The van der Waals surface area contributed by atoms with Gasteiger partial charge in [-0.3, -0.25) is 0 Å². The summed E-state index contributed by atoms with van der Waals surface area (Å²) in [6, 6.07) is 6.11. The van der Waals surface area contributed by atoms with Crippen LogP contribution in [0.25, 0.3) is 0 Å². The fourth-order valence-electron chi connectivity index (χ4n) is 2.98. The van der Waals surface area contributed by atoms with Gasteiger partial charge >= 0.3 is 12.5 Å². The lowest BCUT2D eigenvalue weighted by Gasteiger charge is -2.26. The molecule has 2 aliphatic heterocycles. The van der Waals surface area contributed by atoms with Crippen LogP contribution in [0.2, 0.25) is 0 Å². The maximum absolute atomic E-state index is 12.3. The molecule has 2 fully saturated rings. The van der Waals surface area contributed by atoms with Crippen LogP contribution in [0.3, 0.4) is 0 Å². The van der Waals surface area contributed by atoms with E-state index in [2.05, 4.69) is 4.74 Å². The van der Waals surface area contributed by atoms with E-state index in [1.165, 1.54) is 18.2 Å². The number of nitrogens with zero attached hydrogens (tertiary/aromatic N) is 2. The molecule has 8 heteroatoms. The number of halogens is 3. The van der Waals surface area contributed by atoms with Crippen molar-refractivity contribution < 1.29 is 27.4 Å². The van der Waals surface area contributed by atoms with Crippen molar-refractivity contribution in [2.24, 2.45) is 0 Å². The molecule has 1 aromatic rings. The number of rotatable bonds is 2. The molecule has 2 unspecified atom stereocenters. The number of amides is 1. The van der Waals surface area contributed by atoms with E-state index in [0.717, 1.165) is 0 Å². The summed E-state index contributed by atoms with van der Waals surface area (Å²) in [7, 11) is 0. The molecule has 24 heavy (non-hydrogen) atoms. The highest BCUT2D eigenvalue weighted by Gasteiger charge is 2.55. The number of benzene rings is 1. The largest absolute Gasteiger partial charge is 0.573 e. The van der Waals surface area contributed by atoms with Gasteiger partial charge in [-0.1, -0.05) is 6.07 Å². The lowest BCUT2D eigenvalue weighted by molar-refractivity contribution is -0.274. The molecule has 1 amide bonds. The standard InChI is InChI=1S/C16H19F3N2O3/c1-15(2,3)24-14(22)20-8-12-13(9-20)21(12)10-5-4-6-11(7-10)23-16(17,18)19/h4-7,12-13H,8-9H2,1-3H3. The summed E-state index contributed by atoms with van der Waals surface area (Å²) in [5, 5.41) is 0. The van der Waals surface area contributed by atoms with Crippen molar-refractivity contribution in [3.05, 3.63) is 24.3 Å². The highest BCUT2D eigenvalue weighted by Crippen LogP contribution is 2.42. The first-order valence-electron chi connectivity index (χ1n) is 7.65. The average Bonchev–Trinajstić information content (AvgIpc) is 2.89. The number of carbonyl (C=O) groups is 1. The third-order valence-corrected chi connectivity index (χ3v) is 3.88. The molecule has 3 rings (SSSR count). The predicted octanol–water partition coefficient (Wildman–Crippen LogP) is 3.39. The lowest BCUT2D eigenvalue weighted by atomic mass is 10.2. The molecule has 5 nitrogen and oxygen atoms in total. The fourth-order valence-corrected chi connectivity index (χ4v) is 2.98. The number of hydrogen-bond acceptors (Lipinski definition) is 4. The van der Waals surface area contributed by atoms with Gasteiger partial charge in [0.15, 0.2) is 0 Å². The van der Waals surface area contributed by atoms with Crippen molar-refractivity contribution in [3.63, 3.8) is 0 Å². The van der Waals surface area contributed by atoms with Gasteiger partial charge in [0.25, 0.3) is 0 Å². The summed E-state index contributed by atoms with van der Waals surface area (Å²) in [4.78, 5) is 15.6. The molecule has 0 spiro atoms. The molecule has 132 valence electrons. The van der Waals surface area contributed by atoms with E-state index in [9.17, 15) is 18.0 Å². The van der Waals surface area contributed by atoms with Crippen LogP contribution in [-0.2, 0) is 4.74 Å². The first kappa shape index (κ1) is 16.7. The van der Waals surface area contributed by atoms with Gasteiger partial charge in [-0.25, -0.2) is 4.79 Å². The lowest BCUT2D eigenvalue weighted by Crippen LogP contribution is -2.39. The van der Waals surface area contributed by atoms with Crippen LogP contribution in [0.4, 0.5) is 23.7 Å². The van der Waals surface area contributed by atoms with Crippen LogP contribution in [0, 0.1) is 0 Å². The summed E-state index contributed by atoms with van der Waals surface area (Å²) >= 11 is 0. The Labute approximate surface area is 137 Å². The van der Waals surface area contributed by atoms with Gasteiger partial charge in [0.1, 0.15) is 11.4 Å². The molecule has 0 aliphatic carbocycles. The molecule has 1 aromatic carbocycles. The van der Waals surface area contributed by atoms with Crippen LogP contribution in [-0.4, -0.2) is 48.1 Å². The fraction of sp³-hybridized carbons (Fsp3) is 0.562. The SMILES string of the molecule is CC(C)(C)OC(=O)N1CC2C(C1)N2c1cccc(OC(F)(F)F)c1. The Morgan fingerprint density at radius 1 is 1.17 bits per heavy atom. The van der Waals surface area contributed by atoms with Gasteiger partial charge in [0.2, 0.25) is 0 Å². The summed E-state index contributed by atoms with van der Waals surface area (Å²) in [5.74, 6) is -0.242. The molecule has 2 atom stereocenters. The summed E-state index contributed by atoms with van der Waals surface area (Å²) in [6.45, 7) is 6.42. The Kier molecular flexibility index (Phi) is 3.80. The summed E-state index contributed by atoms with van der Waals surface area (Å²) < 4.78 is 46.2. The summed E-state index contributed by atoms with van der Waals surface area (Å²) in [6.07, 6.45) is -5.07. The van der Waals surface area contributed by atoms with E-state index in [1.54, 1.807) is 31.7 Å². The molecule has 0 N–H and O–H groups in total. The van der Waals surface area contributed by atoms with Crippen LogP contribution in [0.1, 0.15) is 20.8 Å². The zero-order valence-corrected chi connectivity index (χ0v) is 13.6. The van der Waals surface area contributed by atoms with Crippen LogP contribution in [0.5, 0.6) is 5.75 Å². The second-order valence-electron chi connectivity index (χ2n) is 6.97. The minimum Gasteiger partial charge on any atom is -0.444 e. The van der Waals surface area contributed by atoms with Gasteiger partial charge in [-0.05, 0) is 32.9 Å². The number of alkyl halides is 3. The third-order valence-electron chi connectivity index (χ3n) is 3.88. The van der Waals surface area contributed by atoms with Gasteiger partial charge in [-0.15, -0.1) is 13.2 Å². The van der Waals surface area contributed by atoms with E-state index >= 15 is 0 Å². The molecule has 0 bridgehead atoms. The number of fused-ring (bicyclic) bond motifs is 1. The van der Waals surface area contributed by atoms with Crippen molar-refractivity contribution in [2.75, 3.05) is 18.0 Å². The molecular weight excluding hydrogens is 325 g/mol. The molecule has 0 radical (unpaired) electrons. The molecule has 0 aromatic heterocycles. The van der Waals surface area contributed by atoms with Crippen LogP contribution < -0.4 is 9.64 Å². The Balaban J connectivity index is 1.60. The number of carbonyl (C=O) groups excluding carboxylic acids is 1. The first-order chi connectivity index (χ1) is 11.0. The molecule has 2 heterocycles. The molecule has 2 aliphatic rings. The first-order valence-corrected chi connectivity index (χ1v) is 7.65. The predicted molar refractivity (Wildman–Crippen MR) is 81.0 cm³/mol. The molecular formula is C16H19F3N2O3. The Morgan fingerprint density at radius 2 is 1.79 bits per heavy atom. The van der Waals surface area contributed by atoms with Gasteiger partial charge in [0.05, 0.1) is 12.1 Å². The third kappa shape index (κ3) is 3.68. The minimum absolute atomic E-state index is 0.110. The van der Waals surface area contributed by atoms with Crippen molar-refractivity contribution in [2.45, 2.75) is 44.8 Å². The number of anilines is 1. The van der Waals surface area contributed by atoms with Gasteiger partial charge in [0, 0.05) is 24.8 Å². The highest BCUT2D eigenvalue weighted by atomic mass is 19.4. The number of likely N-dealkylation sites (tertiary alicyclic amines) is 1. The van der Waals surface area contributed by atoms with Gasteiger partial charge in [-0.2, -0.15) is 0 Å². The van der Waals surface area contributed by atoms with E-state index < -0.39 is 12.0 Å². The van der Waals surface area contributed by atoms with E-state index in [-0.39, 0.29) is 23.9 Å². The average molecular weight is 344 g/mol. The normalized spacial score (nSPS) is 23.1. The van der Waals surface area contributed by atoms with Crippen molar-refractivity contribution >= 4 is 11.8 Å². The Hall–Kier alpha value is -2.12.